The summed E-state index contributed by atoms with van der Waals surface area (Å²) < 4.78 is 5.11. The summed E-state index contributed by atoms with van der Waals surface area (Å²) >= 11 is 1.66. The molecule has 19 heavy (non-hydrogen) atoms. The molecule has 100 valence electrons. The van der Waals surface area contributed by atoms with Gasteiger partial charge in [-0.3, -0.25) is 5.32 Å². The molecule has 0 aliphatic heterocycles. The molecule has 0 radical (unpaired) electrons. The Labute approximate surface area is 116 Å². The van der Waals surface area contributed by atoms with E-state index in [9.17, 15) is 4.79 Å². The van der Waals surface area contributed by atoms with Crippen LogP contribution in [0.2, 0.25) is 0 Å². The number of thiophene rings is 1. The Kier molecular flexibility index (Phi) is 4.94. The molecule has 1 amide bonds. The number of nitrogens with one attached hydrogen (secondary N) is 1. The van der Waals surface area contributed by atoms with E-state index in [0.29, 0.717) is 18.8 Å². The molecule has 0 saturated carbocycles. The van der Waals surface area contributed by atoms with E-state index in [-0.39, 0.29) is 0 Å². The molecule has 4 nitrogen and oxygen atoms in total. The molecule has 0 saturated heterocycles. The van der Waals surface area contributed by atoms with Crippen molar-refractivity contribution in [1.29, 1.82) is 0 Å². The minimum absolute atomic E-state index is 0.382. The lowest BCUT2D eigenvalue weighted by molar-refractivity contribution is 0.163. The number of anilines is 1. The van der Waals surface area contributed by atoms with Gasteiger partial charge in [-0.2, -0.15) is 0 Å². The highest BCUT2D eigenvalue weighted by Crippen LogP contribution is 2.11. The molecule has 2 rings (SSSR count). The van der Waals surface area contributed by atoms with Crippen LogP contribution < -0.4 is 11.1 Å². The van der Waals surface area contributed by atoms with Gasteiger partial charge in [-0.1, -0.05) is 18.2 Å². The predicted molar refractivity (Wildman–Crippen MR) is 77.3 cm³/mol. The van der Waals surface area contributed by atoms with Crippen molar-refractivity contribution >= 4 is 23.1 Å². The first kappa shape index (κ1) is 13.6. The predicted octanol–water partition coefficient (Wildman–Crippen LogP) is 3.00. The van der Waals surface area contributed by atoms with Crippen molar-refractivity contribution in [3.63, 3.8) is 0 Å². The van der Waals surface area contributed by atoms with Gasteiger partial charge < -0.3 is 10.5 Å². The van der Waals surface area contributed by atoms with E-state index >= 15 is 0 Å². The number of benzene rings is 1. The van der Waals surface area contributed by atoms with E-state index in [2.05, 4.69) is 5.32 Å². The van der Waals surface area contributed by atoms with Crippen LogP contribution >= 0.6 is 11.3 Å². The zero-order valence-electron chi connectivity index (χ0n) is 10.5. The number of amides is 1. The minimum Gasteiger partial charge on any atom is -0.449 e. The van der Waals surface area contributed by atoms with Gasteiger partial charge in [0.25, 0.3) is 0 Å². The summed E-state index contributed by atoms with van der Waals surface area (Å²) in [5.74, 6) is 0. The highest BCUT2D eigenvalue weighted by Gasteiger charge is 2.03. The third-order valence-electron chi connectivity index (χ3n) is 2.60. The van der Waals surface area contributed by atoms with Crippen LogP contribution in [-0.4, -0.2) is 12.7 Å². The number of carbonyl (C=O) groups excluding carboxylic acids is 1. The Morgan fingerprint density at radius 1 is 1.26 bits per heavy atom. The minimum atomic E-state index is -0.433. The zero-order chi connectivity index (χ0) is 13.5. The quantitative estimate of drug-likeness (QED) is 0.882. The average Bonchev–Trinajstić information content (AvgIpc) is 2.93. The molecule has 0 aliphatic rings. The highest BCUT2D eigenvalue weighted by molar-refractivity contribution is 7.09. The largest absolute Gasteiger partial charge is 0.449 e. The maximum absolute atomic E-state index is 11.5. The lowest BCUT2D eigenvalue weighted by Crippen LogP contribution is -2.15. The Morgan fingerprint density at radius 2 is 2.05 bits per heavy atom. The lowest BCUT2D eigenvalue weighted by Gasteiger charge is -2.07. The molecule has 0 aliphatic carbocycles. The third-order valence-corrected chi connectivity index (χ3v) is 3.53. The number of ether oxygens (including phenoxy) is 1. The van der Waals surface area contributed by atoms with Crippen LogP contribution in [0.4, 0.5) is 10.5 Å². The summed E-state index contributed by atoms with van der Waals surface area (Å²) in [5.41, 5.74) is 7.23. The molecular weight excluding hydrogens is 260 g/mol. The summed E-state index contributed by atoms with van der Waals surface area (Å²) in [6.45, 7) is 0.874. The highest BCUT2D eigenvalue weighted by atomic mass is 32.1. The molecule has 0 bridgehead atoms. The first-order valence-corrected chi connectivity index (χ1v) is 6.91. The van der Waals surface area contributed by atoms with Crippen LogP contribution in [0.1, 0.15) is 10.4 Å². The van der Waals surface area contributed by atoms with Gasteiger partial charge in [0.05, 0.1) is 6.61 Å². The molecule has 0 spiro atoms. The molecule has 1 aromatic carbocycles. The molecular formula is C14H16N2O2S. The molecule has 2 aromatic rings. The number of rotatable bonds is 5. The second-order valence-corrected chi connectivity index (χ2v) is 5.02. The summed E-state index contributed by atoms with van der Waals surface area (Å²) in [6, 6.07) is 11.4. The van der Waals surface area contributed by atoms with Gasteiger partial charge in [0.1, 0.15) is 0 Å². The van der Waals surface area contributed by atoms with Crippen LogP contribution in [-0.2, 0) is 17.7 Å². The fraction of sp³-hybridized carbons (Fsp3) is 0.214. The Hall–Kier alpha value is -1.85. The molecule has 3 N–H and O–H groups in total. The van der Waals surface area contributed by atoms with Crippen LogP contribution in [0.15, 0.2) is 41.8 Å². The van der Waals surface area contributed by atoms with Crippen LogP contribution in [0.25, 0.3) is 0 Å². The first-order valence-electron chi connectivity index (χ1n) is 6.03. The number of hydrogen-bond donors (Lipinski definition) is 2. The van der Waals surface area contributed by atoms with E-state index < -0.39 is 6.09 Å². The normalized spacial score (nSPS) is 10.2. The SMILES string of the molecule is NCc1ccc(NC(=O)OCCc2cccs2)cc1. The number of nitrogens with two attached hydrogens (primary N) is 1. The fourth-order valence-corrected chi connectivity index (χ4v) is 2.27. The van der Waals surface area contributed by atoms with Gasteiger partial charge in [-0.05, 0) is 29.1 Å². The lowest BCUT2D eigenvalue weighted by atomic mass is 10.2. The second-order valence-electron chi connectivity index (χ2n) is 3.99. The maximum atomic E-state index is 11.5. The smallest absolute Gasteiger partial charge is 0.411 e. The Morgan fingerprint density at radius 3 is 2.68 bits per heavy atom. The molecule has 0 fully saturated rings. The van der Waals surface area contributed by atoms with E-state index in [1.54, 1.807) is 11.3 Å². The fourth-order valence-electron chi connectivity index (χ4n) is 1.58. The van der Waals surface area contributed by atoms with Gasteiger partial charge in [0.15, 0.2) is 0 Å². The standard InChI is InChI=1S/C14H16N2O2S/c15-10-11-3-5-12(6-4-11)16-14(17)18-8-7-13-2-1-9-19-13/h1-6,9H,7-8,10,15H2,(H,16,17). The van der Waals surface area contributed by atoms with Crippen molar-refractivity contribution in [2.45, 2.75) is 13.0 Å². The van der Waals surface area contributed by atoms with Gasteiger partial charge >= 0.3 is 6.09 Å². The van der Waals surface area contributed by atoms with Gasteiger partial charge in [-0.25, -0.2) is 4.79 Å². The monoisotopic (exact) mass is 276 g/mol. The average molecular weight is 276 g/mol. The Balaban J connectivity index is 1.74. The maximum Gasteiger partial charge on any atom is 0.411 e. The summed E-state index contributed by atoms with van der Waals surface area (Å²) in [7, 11) is 0. The second kappa shape index (κ2) is 6.92. The van der Waals surface area contributed by atoms with Crippen LogP contribution in [0.5, 0.6) is 0 Å². The van der Waals surface area contributed by atoms with Gasteiger partial charge in [-0.15, -0.1) is 11.3 Å². The summed E-state index contributed by atoms with van der Waals surface area (Å²) in [6.07, 6.45) is 0.314. The first-order chi connectivity index (χ1) is 9.28. The molecule has 0 unspecified atom stereocenters. The molecule has 1 heterocycles. The number of carbonyl (C=O) groups is 1. The van der Waals surface area contributed by atoms with Gasteiger partial charge in [0, 0.05) is 23.5 Å². The van der Waals surface area contributed by atoms with Crippen molar-refractivity contribution in [2.24, 2.45) is 5.73 Å². The Bertz CT molecular complexity index is 509. The molecule has 5 heteroatoms. The van der Waals surface area contributed by atoms with Crippen LogP contribution in [0.3, 0.4) is 0 Å². The summed E-state index contributed by atoms with van der Waals surface area (Å²) in [4.78, 5) is 12.7. The van der Waals surface area contributed by atoms with E-state index in [4.69, 9.17) is 10.5 Å². The summed E-state index contributed by atoms with van der Waals surface area (Å²) in [5, 5.41) is 4.68. The number of hydrogen-bond acceptors (Lipinski definition) is 4. The van der Waals surface area contributed by atoms with Gasteiger partial charge in [0.2, 0.25) is 0 Å². The van der Waals surface area contributed by atoms with Crippen molar-refractivity contribution in [1.82, 2.24) is 0 Å². The van der Waals surface area contributed by atoms with Crippen molar-refractivity contribution in [2.75, 3.05) is 11.9 Å². The van der Waals surface area contributed by atoms with Crippen molar-refractivity contribution in [3.05, 3.63) is 52.2 Å². The molecule has 1 aromatic heterocycles. The van der Waals surface area contributed by atoms with Crippen molar-refractivity contribution < 1.29 is 9.53 Å². The molecule has 0 atom stereocenters. The van der Waals surface area contributed by atoms with E-state index in [1.807, 2.05) is 41.8 Å². The van der Waals surface area contributed by atoms with Crippen molar-refractivity contribution in [3.8, 4) is 0 Å². The van der Waals surface area contributed by atoms with E-state index in [0.717, 1.165) is 12.0 Å². The third kappa shape index (κ3) is 4.39. The topological polar surface area (TPSA) is 64.3 Å². The van der Waals surface area contributed by atoms with Crippen LogP contribution in [0, 0.1) is 0 Å². The van der Waals surface area contributed by atoms with E-state index in [1.165, 1.54) is 4.88 Å². The zero-order valence-corrected chi connectivity index (χ0v) is 11.3.